The van der Waals surface area contributed by atoms with Gasteiger partial charge in [0.25, 0.3) is 0 Å². The van der Waals surface area contributed by atoms with Gasteiger partial charge in [-0.25, -0.2) is 0 Å². The van der Waals surface area contributed by atoms with Gasteiger partial charge in [-0.3, -0.25) is 0 Å². The quantitative estimate of drug-likeness (QED) is 0.649. The van der Waals surface area contributed by atoms with Gasteiger partial charge in [0.1, 0.15) is 0 Å². The van der Waals surface area contributed by atoms with E-state index in [1.165, 1.54) is 12.2 Å². The monoisotopic (exact) mass is 286 g/mol. The first kappa shape index (κ1) is 9.70. The summed E-state index contributed by atoms with van der Waals surface area (Å²) in [7, 11) is 0. The van der Waals surface area contributed by atoms with Crippen LogP contribution in [0.3, 0.4) is 0 Å². The van der Waals surface area contributed by atoms with E-state index in [1.807, 2.05) is 0 Å². The normalized spacial score (nSPS) is 16.8. The minimum atomic E-state index is -4.31. The number of hydrogen-bond acceptors (Lipinski definition) is 0. The Kier molecular flexibility index (Phi) is 2.87. The highest BCUT2D eigenvalue weighted by Gasteiger charge is 2.33. The van der Waals surface area contributed by atoms with Gasteiger partial charge in [0.15, 0.2) is 0 Å². The Labute approximate surface area is 78.2 Å². The van der Waals surface area contributed by atoms with Crippen molar-refractivity contribution in [3.8, 4) is 0 Å². The van der Waals surface area contributed by atoms with Gasteiger partial charge >= 0.3 is 6.18 Å². The van der Waals surface area contributed by atoms with E-state index in [0.717, 1.165) is 0 Å². The van der Waals surface area contributed by atoms with Crippen LogP contribution in [0.15, 0.2) is 34.0 Å². The summed E-state index contributed by atoms with van der Waals surface area (Å²) in [6.45, 7) is 3.00. The van der Waals surface area contributed by atoms with Gasteiger partial charge < -0.3 is 0 Å². The molecule has 1 aliphatic heterocycles. The van der Waals surface area contributed by atoms with E-state index in [-0.39, 0.29) is 26.3 Å². The summed E-state index contributed by atoms with van der Waals surface area (Å²) >= 11 is -0.165. The van der Waals surface area contributed by atoms with Crippen molar-refractivity contribution in [3.63, 3.8) is 0 Å². The molecule has 1 aliphatic rings. The molecule has 0 radical (unpaired) electrons. The summed E-state index contributed by atoms with van der Waals surface area (Å²) in [5.41, 5.74) is -0.591. The van der Waals surface area contributed by atoms with Gasteiger partial charge in [-0.1, -0.05) is 27.3 Å². The molecule has 0 amide bonds. The molecule has 0 N–H and O–H groups in total. The second-order valence-electron chi connectivity index (χ2n) is 2.14. The molecule has 0 atom stereocenters. The highest BCUT2D eigenvalue weighted by Crippen LogP contribution is 2.31. The summed E-state index contributed by atoms with van der Waals surface area (Å²) in [4.78, 5) is 0. The molecule has 4 heteroatoms. The van der Waals surface area contributed by atoms with Crippen LogP contribution < -0.4 is 0 Å². The Bertz CT molecular complexity index is 281. The number of alkyl halides is 3. The predicted molar refractivity (Wildman–Crippen MR) is 52.5 cm³/mol. The molecule has 0 fully saturated rings. The molecule has 66 valence electrons. The van der Waals surface area contributed by atoms with E-state index >= 15 is 0 Å². The zero-order chi connectivity index (χ0) is 9.19. The van der Waals surface area contributed by atoms with Crippen LogP contribution in [0.5, 0.6) is 0 Å². The van der Waals surface area contributed by atoms with Crippen molar-refractivity contribution in [3.05, 3.63) is 34.0 Å². The average Bonchev–Trinajstić information content (AvgIpc) is 2.03. The van der Waals surface area contributed by atoms with Crippen molar-refractivity contribution in [2.75, 3.05) is 0 Å². The Hall–Kier alpha value is -0.390. The first-order valence-electron chi connectivity index (χ1n) is 3.10. The van der Waals surface area contributed by atoms with E-state index in [0.29, 0.717) is 0 Å². The van der Waals surface area contributed by atoms with E-state index in [1.54, 1.807) is 8.09 Å². The van der Waals surface area contributed by atoms with Gasteiger partial charge in [0.2, 0.25) is 0 Å². The van der Waals surface area contributed by atoms with E-state index < -0.39 is 11.7 Å². The summed E-state index contributed by atoms with van der Waals surface area (Å²) < 4.78 is 39.7. The third kappa shape index (κ3) is 2.30. The van der Waals surface area contributed by atoms with E-state index in [2.05, 4.69) is 6.58 Å². The lowest BCUT2D eigenvalue weighted by atomic mass is 10.1. The fraction of sp³-hybridized carbons (Fsp3) is 0.125. The molecular formula is C8H6F3I. The van der Waals surface area contributed by atoms with Crippen molar-refractivity contribution in [1.29, 1.82) is 0 Å². The van der Waals surface area contributed by atoms with Crippen molar-refractivity contribution in [1.82, 2.24) is 0 Å². The maximum atomic E-state index is 12.1. The molecule has 1 heterocycles. The van der Waals surface area contributed by atoms with Crippen LogP contribution in [0.1, 0.15) is 0 Å². The minimum absolute atomic E-state index is 0.165. The first-order chi connectivity index (χ1) is 5.52. The van der Waals surface area contributed by atoms with Crippen molar-refractivity contribution < 1.29 is 13.2 Å². The van der Waals surface area contributed by atoms with Gasteiger partial charge in [0.05, 0.1) is 5.57 Å². The summed E-state index contributed by atoms with van der Waals surface area (Å²) in [5, 5.41) is 0. The summed E-state index contributed by atoms with van der Waals surface area (Å²) in [6, 6.07) is 0. The van der Waals surface area contributed by atoms with Crippen LogP contribution in [0.2, 0.25) is 0 Å². The predicted octanol–water partition coefficient (Wildman–Crippen LogP) is 3.33. The number of halogens is 4. The second kappa shape index (κ2) is 3.55. The Balaban J connectivity index is 2.86. The third-order valence-electron chi connectivity index (χ3n) is 1.32. The lowest BCUT2D eigenvalue weighted by Gasteiger charge is -2.10. The molecule has 0 aromatic carbocycles. The Morgan fingerprint density at radius 2 is 2.08 bits per heavy atom. The molecule has 0 saturated carbocycles. The molecular weight excluding hydrogens is 280 g/mol. The smallest absolute Gasteiger partial charge is 0.166 e. The zero-order valence-corrected chi connectivity index (χ0v) is 8.19. The van der Waals surface area contributed by atoms with Crippen molar-refractivity contribution >= 4 is 24.7 Å². The molecule has 12 heavy (non-hydrogen) atoms. The molecule has 0 saturated heterocycles. The lowest BCUT2D eigenvalue weighted by molar-refractivity contribution is -0.0886. The molecule has 0 spiro atoms. The van der Waals surface area contributed by atoms with E-state index in [9.17, 15) is 13.2 Å². The van der Waals surface area contributed by atoms with Crippen LogP contribution in [-0.4, -0.2) is 10.2 Å². The van der Waals surface area contributed by atoms with Crippen LogP contribution >= 0.6 is 20.7 Å². The standard InChI is InChI=1S/C8H6F3I/c1-6(8(9,10)11)7-2-4-12-5-3-7/h2-5H,1H2. The maximum absolute atomic E-state index is 12.1. The third-order valence-corrected chi connectivity index (χ3v) is 2.87. The molecule has 0 bridgehead atoms. The first-order valence-corrected chi connectivity index (χ1v) is 5.59. The van der Waals surface area contributed by atoms with Crippen molar-refractivity contribution in [2.45, 2.75) is 6.18 Å². The van der Waals surface area contributed by atoms with Gasteiger partial charge in [-0.05, 0) is 25.8 Å². The van der Waals surface area contributed by atoms with Crippen LogP contribution in [-0.2, 0) is 0 Å². The summed E-state index contributed by atoms with van der Waals surface area (Å²) in [5.74, 6) is 0. The minimum Gasteiger partial charge on any atom is -0.166 e. The SMILES string of the molecule is C=C(C1=CC=IC=C1)C(F)(F)F. The number of rotatable bonds is 1. The van der Waals surface area contributed by atoms with Crippen molar-refractivity contribution in [2.24, 2.45) is 0 Å². The second-order valence-corrected chi connectivity index (χ2v) is 4.30. The maximum Gasteiger partial charge on any atom is 0.416 e. The molecule has 0 aliphatic carbocycles. The molecule has 0 aromatic heterocycles. The molecule has 0 unspecified atom stereocenters. The van der Waals surface area contributed by atoms with E-state index in [4.69, 9.17) is 0 Å². The lowest BCUT2D eigenvalue weighted by Crippen LogP contribution is -2.12. The number of allylic oxidation sites excluding steroid dienone is 4. The van der Waals surface area contributed by atoms with Gasteiger partial charge in [-0.15, -0.1) is 0 Å². The topological polar surface area (TPSA) is 0 Å². The van der Waals surface area contributed by atoms with Crippen LogP contribution in [0.4, 0.5) is 13.2 Å². The Morgan fingerprint density at radius 1 is 1.42 bits per heavy atom. The molecule has 0 aromatic rings. The molecule has 1 rings (SSSR count). The van der Waals surface area contributed by atoms with Gasteiger partial charge in [-0.2, -0.15) is 13.2 Å². The zero-order valence-electron chi connectivity index (χ0n) is 6.03. The largest absolute Gasteiger partial charge is 0.416 e. The molecule has 0 nitrogen and oxygen atoms in total. The average molecular weight is 286 g/mol. The van der Waals surface area contributed by atoms with Crippen LogP contribution in [0, 0.1) is 0 Å². The van der Waals surface area contributed by atoms with Gasteiger partial charge in [0, 0.05) is 0 Å². The fourth-order valence-electron chi connectivity index (χ4n) is 0.671. The highest BCUT2D eigenvalue weighted by molar-refractivity contribution is 14.2. The number of hydrogen-bond donors (Lipinski definition) is 0. The highest BCUT2D eigenvalue weighted by atomic mass is 127. The fourth-order valence-corrected chi connectivity index (χ4v) is 2.10. The summed E-state index contributed by atoms with van der Waals surface area (Å²) in [6.07, 6.45) is -1.33. The van der Waals surface area contributed by atoms with Crippen LogP contribution in [0.25, 0.3) is 0 Å². The Morgan fingerprint density at radius 3 is 2.50 bits per heavy atom.